The van der Waals surface area contributed by atoms with Gasteiger partial charge in [0.2, 0.25) is 0 Å². The number of rotatable bonds is 3. The van der Waals surface area contributed by atoms with E-state index in [0.717, 1.165) is 18.8 Å². The number of alkyl halides is 3. The highest BCUT2D eigenvalue weighted by Gasteiger charge is 2.58. The van der Waals surface area contributed by atoms with E-state index in [2.05, 4.69) is 0 Å². The number of fused-ring (bicyclic) bond motifs is 5. The molecule has 0 aromatic rings. The Morgan fingerprint density at radius 2 is 1.74 bits per heavy atom. The van der Waals surface area contributed by atoms with Crippen LogP contribution in [-0.4, -0.2) is 17.9 Å². The van der Waals surface area contributed by atoms with Crippen molar-refractivity contribution in [2.75, 3.05) is 0 Å². The van der Waals surface area contributed by atoms with Gasteiger partial charge in [0, 0.05) is 0 Å². The maximum absolute atomic E-state index is 13.1. The highest BCUT2D eigenvalue weighted by molar-refractivity contribution is 5.04. The maximum Gasteiger partial charge on any atom is 0.417 e. The lowest BCUT2D eigenvalue weighted by Crippen LogP contribution is -2.48. The monoisotopic (exact) mass is 276 g/mol. The number of ether oxygens (including phenoxy) is 1. The molecule has 3 fully saturated rings. The molecule has 1 nitrogen and oxygen atoms in total. The van der Waals surface area contributed by atoms with Gasteiger partial charge >= 0.3 is 6.18 Å². The fourth-order valence-electron chi connectivity index (χ4n) is 4.83. The van der Waals surface area contributed by atoms with E-state index in [4.69, 9.17) is 4.74 Å². The lowest BCUT2D eigenvalue weighted by molar-refractivity contribution is -0.291. The van der Waals surface area contributed by atoms with Gasteiger partial charge in [-0.25, -0.2) is 0 Å². The third kappa shape index (κ3) is 2.01. The molecule has 0 aliphatic heterocycles. The molecule has 0 spiro atoms. The van der Waals surface area contributed by atoms with E-state index in [1.54, 1.807) is 6.92 Å². The van der Waals surface area contributed by atoms with Crippen LogP contribution in [0.4, 0.5) is 13.2 Å². The lowest BCUT2D eigenvalue weighted by atomic mass is 9.80. The SMILES string of the molecule is CCC(C)(OC1CC2CC1C1CCCC21)C(F)(F)F. The maximum atomic E-state index is 13.1. The summed E-state index contributed by atoms with van der Waals surface area (Å²) in [5.41, 5.74) is -1.96. The molecule has 4 heteroatoms. The molecular weight excluding hydrogens is 253 g/mol. The second-order valence-electron chi connectivity index (χ2n) is 6.89. The number of halogens is 3. The normalized spacial score (nSPS) is 44.4. The zero-order valence-corrected chi connectivity index (χ0v) is 11.7. The summed E-state index contributed by atoms with van der Waals surface area (Å²) in [5, 5.41) is 0. The second kappa shape index (κ2) is 4.37. The third-order valence-electron chi connectivity index (χ3n) is 6.05. The Kier molecular flexibility index (Phi) is 3.16. The van der Waals surface area contributed by atoms with Gasteiger partial charge in [-0.1, -0.05) is 13.3 Å². The molecule has 3 saturated carbocycles. The topological polar surface area (TPSA) is 9.23 Å². The van der Waals surface area contributed by atoms with Crippen LogP contribution in [0.15, 0.2) is 0 Å². The van der Waals surface area contributed by atoms with Crippen molar-refractivity contribution >= 4 is 0 Å². The van der Waals surface area contributed by atoms with Crippen molar-refractivity contribution < 1.29 is 17.9 Å². The van der Waals surface area contributed by atoms with Gasteiger partial charge in [0.25, 0.3) is 0 Å². The van der Waals surface area contributed by atoms with Crippen LogP contribution in [0, 0.1) is 23.7 Å². The Balaban J connectivity index is 1.72. The summed E-state index contributed by atoms with van der Waals surface area (Å²) in [6.07, 6.45) is 1.31. The van der Waals surface area contributed by atoms with Gasteiger partial charge in [-0.15, -0.1) is 0 Å². The Labute approximate surface area is 112 Å². The summed E-state index contributed by atoms with van der Waals surface area (Å²) in [6.45, 7) is 2.78. The Morgan fingerprint density at radius 1 is 1.05 bits per heavy atom. The number of hydrogen-bond acceptors (Lipinski definition) is 1. The van der Waals surface area contributed by atoms with Crippen LogP contribution in [0.2, 0.25) is 0 Å². The zero-order chi connectivity index (χ0) is 13.8. The molecule has 0 N–H and O–H groups in total. The summed E-state index contributed by atoms with van der Waals surface area (Å²) < 4.78 is 45.1. The fourth-order valence-corrected chi connectivity index (χ4v) is 4.83. The summed E-state index contributed by atoms with van der Waals surface area (Å²) in [5.74, 6) is 2.48. The predicted octanol–water partition coefficient (Wildman–Crippen LogP) is 4.56. The Bertz CT molecular complexity index is 354. The molecule has 3 aliphatic carbocycles. The molecular formula is C15H23F3O. The molecule has 2 bridgehead atoms. The second-order valence-corrected chi connectivity index (χ2v) is 6.89. The average molecular weight is 276 g/mol. The van der Waals surface area contributed by atoms with Gasteiger partial charge in [-0.05, 0) is 62.7 Å². The van der Waals surface area contributed by atoms with Gasteiger partial charge in [-0.3, -0.25) is 0 Å². The smallest absolute Gasteiger partial charge is 0.362 e. The van der Waals surface area contributed by atoms with Crippen LogP contribution < -0.4 is 0 Å². The highest BCUT2D eigenvalue weighted by Crippen LogP contribution is 2.60. The van der Waals surface area contributed by atoms with Crippen LogP contribution in [0.1, 0.15) is 52.4 Å². The van der Waals surface area contributed by atoms with E-state index in [-0.39, 0.29) is 12.5 Å². The van der Waals surface area contributed by atoms with Crippen LogP contribution in [0.5, 0.6) is 0 Å². The van der Waals surface area contributed by atoms with E-state index < -0.39 is 11.8 Å². The van der Waals surface area contributed by atoms with Gasteiger partial charge in [0.05, 0.1) is 6.10 Å². The summed E-state index contributed by atoms with van der Waals surface area (Å²) >= 11 is 0. The number of hydrogen-bond donors (Lipinski definition) is 0. The van der Waals surface area contributed by atoms with Gasteiger partial charge < -0.3 is 4.74 Å². The highest BCUT2D eigenvalue weighted by atomic mass is 19.4. The van der Waals surface area contributed by atoms with Crippen LogP contribution in [0.3, 0.4) is 0 Å². The molecule has 0 saturated heterocycles. The van der Waals surface area contributed by atoms with Crippen LogP contribution in [0.25, 0.3) is 0 Å². The van der Waals surface area contributed by atoms with Crippen molar-refractivity contribution in [3.63, 3.8) is 0 Å². The minimum absolute atomic E-state index is 0.00151. The summed E-state index contributed by atoms with van der Waals surface area (Å²) in [7, 11) is 0. The molecule has 110 valence electrons. The zero-order valence-electron chi connectivity index (χ0n) is 11.7. The van der Waals surface area contributed by atoms with Crippen molar-refractivity contribution in [1.82, 2.24) is 0 Å². The Morgan fingerprint density at radius 3 is 2.37 bits per heavy atom. The first-order chi connectivity index (χ1) is 8.86. The minimum Gasteiger partial charge on any atom is -0.362 e. The molecule has 6 unspecified atom stereocenters. The average Bonchev–Trinajstić information content (AvgIpc) is 2.98. The van der Waals surface area contributed by atoms with Gasteiger partial charge in [-0.2, -0.15) is 13.2 Å². The first kappa shape index (κ1) is 13.7. The molecule has 6 atom stereocenters. The van der Waals surface area contributed by atoms with Crippen LogP contribution >= 0.6 is 0 Å². The van der Waals surface area contributed by atoms with Crippen molar-refractivity contribution in [3.8, 4) is 0 Å². The molecule has 0 radical (unpaired) electrons. The van der Waals surface area contributed by atoms with Crippen LogP contribution in [-0.2, 0) is 4.74 Å². The third-order valence-corrected chi connectivity index (χ3v) is 6.05. The van der Waals surface area contributed by atoms with E-state index >= 15 is 0 Å². The predicted molar refractivity (Wildman–Crippen MR) is 66.7 cm³/mol. The fraction of sp³-hybridized carbons (Fsp3) is 1.00. The largest absolute Gasteiger partial charge is 0.417 e. The summed E-state index contributed by atoms with van der Waals surface area (Å²) in [4.78, 5) is 0. The van der Waals surface area contributed by atoms with Crippen molar-refractivity contribution in [1.29, 1.82) is 0 Å². The molecule has 0 amide bonds. The molecule has 0 heterocycles. The molecule has 19 heavy (non-hydrogen) atoms. The van der Waals surface area contributed by atoms with E-state index in [0.29, 0.717) is 17.8 Å². The first-order valence-electron chi connectivity index (χ1n) is 7.60. The van der Waals surface area contributed by atoms with E-state index in [1.165, 1.54) is 26.2 Å². The molecule has 0 aromatic heterocycles. The van der Waals surface area contributed by atoms with Gasteiger partial charge in [0.15, 0.2) is 5.60 Å². The molecule has 0 aromatic carbocycles. The van der Waals surface area contributed by atoms with E-state index in [9.17, 15) is 13.2 Å². The van der Waals surface area contributed by atoms with Crippen molar-refractivity contribution in [2.45, 2.75) is 70.3 Å². The summed E-state index contributed by atoms with van der Waals surface area (Å²) in [6, 6.07) is 0. The molecule has 3 aliphatic rings. The first-order valence-corrected chi connectivity index (χ1v) is 7.60. The quantitative estimate of drug-likeness (QED) is 0.734. The Hall–Kier alpha value is -0.250. The molecule has 3 rings (SSSR count). The minimum atomic E-state index is -4.27. The van der Waals surface area contributed by atoms with Gasteiger partial charge in [0.1, 0.15) is 0 Å². The standard InChI is InChI=1S/C15H23F3O/c1-3-14(2,15(16,17)18)19-13-8-9-7-12(13)11-6-4-5-10(9)11/h9-13H,3-8H2,1-2H3. The van der Waals surface area contributed by atoms with Crippen molar-refractivity contribution in [3.05, 3.63) is 0 Å². The van der Waals surface area contributed by atoms with E-state index in [1.807, 2.05) is 0 Å². The lowest BCUT2D eigenvalue weighted by Gasteiger charge is -2.39. The van der Waals surface area contributed by atoms with Crippen molar-refractivity contribution in [2.24, 2.45) is 23.7 Å².